The monoisotopic (exact) mass is 264 g/mol. The lowest BCUT2D eigenvalue weighted by atomic mass is 10.1. The first-order valence-electron chi connectivity index (χ1n) is 3.77. The maximum Gasteiger partial charge on any atom is 0.0226 e. The minimum Gasteiger partial charge on any atom is -0.143 e. The van der Waals surface area contributed by atoms with Gasteiger partial charge in [0.05, 0.1) is 0 Å². The summed E-state index contributed by atoms with van der Waals surface area (Å²) in [4.78, 5) is 0.983. The van der Waals surface area contributed by atoms with Gasteiger partial charge in [-0.1, -0.05) is 22.0 Å². The van der Waals surface area contributed by atoms with Crippen LogP contribution < -0.4 is 0 Å². The number of aryl methyl sites for hydroxylation is 1. The lowest BCUT2D eigenvalue weighted by Gasteiger charge is -2.03. The van der Waals surface area contributed by atoms with E-state index in [1.165, 1.54) is 5.56 Å². The van der Waals surface area contributed by atoms with Gasteiger partial charge in [-0.05, 0) is 30.5 Å². The molecular formula is C9H10BrClS. The van der Waals surface area contributed by atoms with Crippen LogP contribution in [-0.2, 0) is 6.42 Å². The molecule has 66 valence electrons. The first-order valence-corrected chi connectivity index (χ1v) is 5.55. The Morgan fingerprint density at radius 2 is 2.17 bits per heavy atom. The molecule has 0 nitrogen and oxygen atoms in total. The Bertz CT molecular complexity index is 263. The maximum atomic E-state index is 5.60. The summed E-state index contributed by atoms with van der Waals surface area (Å²) in [6.45, 7) is 0. The quantitative estimate of drug-likeness (QED) is 0.622. The van der Waals surface area contributed by atoms with Gasteiger partial charge in [0, 0.05) is 15.2 Å². The van der Waals surface area contributed by atoms with Crippen LogP contribution in [0.15, 0.2) is 27.6 Å². The predicted molar refractivity (Wildman–Crippen MR) is 60.4 cm³/mol. The molecule has 0 N–H and O–H groups in total. The topological polar surface area (TPSA) is 0 Å². The van der Waals surface area contributed by atoms with Gasteiger partial charge in [-0.2, -0.15) is 0 Å². The second kappa shape index (κ2) is 5.15. The van der Waals surface area contributed by atoms with Gasteiger partial charge in [0.1, 0.15) is 0 Å². The van der Waals surface area contributed by atoms with Crippen LogP contribution in [0.5, 0.6) is 0 Å². The van der Waals surface area contributed by atoms with E-state index >= 15 is 0 Å². The van der Waals surface area contributed by atoms with Crippen molar-refractivity contribution in [2.75, 3.05) is 5.88 Å². The molecule has 0 amide bonds. The number of rotatable bonds is 3. The molecule has 3 heteroatoms. The van der Waals surface area contributed by atoms with E-state index < -0.39 is 0 Å². The molecule has 0 atom stereocenters. The van der Waals surface area contributed by atoms with E-state index in [4.69, 9.17) is 11.6 Å². The van der Waals surface area contributed by atoms with Crippen LogP contribution >= 0.6 is 40.2 Å². The van der Waals surface area contributed by atoms with Crippen molar-refractivity contribution in [1.29, 1.82) is 0 Å². The molecule has 0 saturated carbocycles. The minimum atomic E-state index is 0.717. The Morgan fingerprint density at radius 3 is 2.75 bits per heavy atom. The maximum absolute atomic E-state index is 5.60. The van der Waals surface area contributed by atoms with Gasteiger partial charge in [0.2, 0.25) is 0 Å². The van der Waals surface area contributed by atoms with Crippen molar-refractivity contribution in [3.63, 3.8) is 0 Å². The van der Waals surface area contributed by atoms with Crippen LogP contribution in [0.2, 0.25) is 0 Å². The van der Waals surface area contributed by atoms with Crippen molar-refractivity contribution >= 4 is 40.2 Å². The van der Waals surface area contributed by atoms with Gasteiger partial charge in [-0.15, -0.1) is 24.2 Å². The third-order valence-corrected chi connectivity index (χ3v) is 2.90. The molecule has 0 fully saturated rings. The van der Waals surface area contributed by atoms with Crippen LogP contribution in [0.3, 0.4) is 0 Å². The molecule has 0 bridgehead atoms. The summed E-state index contributed by atoms with van der Waals surface area (Å²) in [5.41, 5.74) is 1.30. The van der Waals surface area contributed by atoms with Crippen LogP contribution in [0, 0.1) is 0 Å². The number of benzene rings is 1. The van der Waals surface area contributed by atoms with Gasteiger partial charge >= 0.3 is 0 Å². The van der Waals surface area contributed by atoms with E-state index in [-0.39, 0.29) is 0 Å². The Balaban J connectivity index is 2.72. The van der Waals surface area contributed by atoms with Crippen LogP contribution in [0.4, 0.5) is 0 Å². The Morgan fingerprint density at radius 1 is 1.42 bits per heavy atom. The summed E-state index contributed by atoms with van der Waals surface area (Å²) >= 11 is 13.3. The van der Waals surface area contributed by atoms with E-state index in [0.717, 1.165) is 28.1 Å². The van der Waals surface area contributed by atoms with Crippen molar-refractivity contribution in [2.45, 2.75) is 17.7 Å². The zero-order chi connectivity index (χ0) is 8.97. The van der Waals surface area contributed by atoms with Gasteiger partial charge in [0.15, 0.2) is 0 Å². The molecule has 0 saturated heterocycles. The average molecular weight is 266 g/mol. The molecular weight excluding hydrogens is 256 g/mol. The third-order valence-electron chi connectivity index (χ3n) is 1.62. The van der Waals surface area contributed by atoms with E-state index in [1.807, 2.05) is 12.1 Å². The lowest BCUT2D eigenvalue weighted by molar-refractivity contribution is 0.921. The fourth-order valence-corrected chi connectivity index (χ4v) is 2.09. The zero-order valence-electron chi connectivity index (χ0n) is 6.56. The average Bonchev–Trinajstić information content (AvgIpc) is 2.03. The lowest BCUT2D eigenvalue weighted by Crippen LogP contribution is -1.87. The zero-order valence-corrected chi connectivity index (χ0v) is 9.79. The highest BCUT2D eigenvalue weighted by atomic mass is 79.9. The first kappa shape index (κ1) is 10.4. The molecule has 12 heavy (non-hydrogen) atoms. The first-order chi connectivity index (χ1) is 5.74. The second-order valence-electron chi connectivity index (χ2n) is 2.57. The van der Waals surface area contributed by atoms with E-state index in [1.54, 1.807) is 0 Å². The summed E-state index contributed by atoms with van der Waals surface area (Å²) in [6.07, 6.45) is 2.05. The molecule has 1 rings (SSSR count). The van der Waals surface area contributed by atoms with E-state index in [9.17, 15) is 0 Å². The Kier molecular flexibility index (Phi) is 4.47. The number of thiol groups is 1. The van der Waals surface area contributed by atoms with E-state index in [2.05, 4.69) is 34.6 Å². The highest BCUT2D eigenvalue weighted by Gasteiger charge is 1.98. The highest BCUT2D eigenvalue weighted by molar-refractivity contribution is 9.10. The normalized spacial score (nSPS) is 10.2. The number of alkyl halides is 1. The van der Waals surface area contributed by atoms with Crippen molar-refractivity contribution in [3.8, 4) is 0 Å². The summed E-state index contributed by atoms with van der Waals surface area (Å²) in [5.74, 6) is 0.717. The molecule has 0 radical (unpaired) electrons. The summed E-state index contributed by atoms with van der Waals surface area (Å²) in [7, 11) is 0. The van der Waals surface area contributed by atoms with Gasteiger partial charge in [-0.25, -0.2) is 0 Å². The molecule has 0 heterocycles. The smallest absolute Gasteiger partial charge is 0.0226 e. The van der Waals surface area contributed by atoms with Crippen molar-refractivity contribution in [1.82, 2.24) is 0 Å². The molecule has 0 spiro atoms. The molecule has 0 aliphatic carbocycles. The summed E-state index contributed by atoms with van der Waals surface area (Å²) in [5, 5.41) is 0. The molecule has 0 aromatic heterocycles. The number of hydrogen-bond acceptors (Lipinski definition) is 1. The fraction of sp³-hybridized carbons (Fsp3) is 0.333. The minimum absolute atomic E-state index is 0.717. The molecule has 0 unspecified atom stereocenters. The van der Waals surface area contributed by atoms with Crippen molar-refractivity contribution in [2.24, 2.45) is 0 Å². The highest BCUT2D eigenvalue weighted by Crippen LogP contribution is 2.21. The fourth-order valence-electron chi connectivity index (χ4n) is 0.996. The standard InChI is InChI=1S/C9H10BrClS/c10-9-6-8(12)4-3-7(9)2-1-5-11/h3-4,6,12H,1-2,5H2. The number of halogens is 2. The molecule has 0 aliphatic heterocycles. The second-order valence-corrected chi connectivity index (χ2v) is 4.32. The molecule has 1 aromatic carbocycles. The van der Waals surface area contributed by atoms with Gasteiger partial charge in [-0.3, -0.25) is 0 Å². The SMILES string of the molecule is Sc1ccc(CCCCl)c(Br)c1. The predicted octanol–water partition coefficient (Wildman–Crippen LogP) is 3.91. The molecule has 1 aromatic rings. The Hall–Kier alpha value is 0.340. The van der Waals surface area contributed by atoms with Crippen LogP contribution in [-0.4, -0.2) is 5.88 Å². The van der Waals surface area contributed by atoms with Gasteiger partial charge in [0.25, 0.3) is 0 Å². The molecule has 0 aliphatic rings. The van der Waals surface area contributed by atoms with Crippen LogP contribution in [0.25, 0.3) is 0 Å². The largest absolute Gasteiger partial charge is 0.143 e. The Labute approximate surface area is 91.9 Å². The summed E-state index contributed by atoms with van der Waals surface area (Å²) in [6, 6.07) is 6.09. The third kappa shape index (κ3) is 3.00. The van der Waals surface area contributed by atoms with Crippen LogP contribution in [0.1, 0.15) is 12.0 Å². The summed E-state index contributed by atoms with van der Waals surface area (Å²) < 4.78 is 1.13. The van der Waals surface area contributed by atoms with Crippen molar-refractivity contribution in [3.05, 3.63) is 28.2 Å². The van der Waals surface area contributed by atoms with Crippen molar-refractivity contribution < 1.29 is 0 Å². The van der Waals surface area contributed by atoms with Gasteiger partial charge < -0.3 is 0 Å². The number of hydrogen-bond donors (Lipinski definition) is 1. The van der Waals surface area contributed by atoms with E-state index in [0.29, 0.717) is 0 Å².